The zero-order valence-corrected chi connectivity index (χ0v) is 14.6. The van der Waals surface area contributed by atoms with Crippen LogP contribution in [0.25, 0.3) is 0 Å². The van der Waals surface area contributed by atoms with Gasteiger partial charge in [-0.1, -0.05) is 12.1 Å². The molecule has 2 aromatic heterocycles. The van der Waals surface area contributed by atoms with Crippen molar-refractivity contribution in [3.63, 3.8) is 0 Å². The third kappa shape index (κ3) is 2.90. The van der Waals surface area contributed by atoms with E-state index in [0.29, 0.717) is 34.5 Å². The van der Waals surface area contributed by atoms with Crippen molar-refractivity contribution in [2.75, 3.05) is 6.54 Å². The van der Waals surface area contributed by atoms with E-state index in [1.165, 1.54) is 0 Å². The van der Waals surface area contributed by atoms with Crippen molar-refractivity contribution >= 4 is 10.0 Å². The predicted molar refractivity (Wildman–Crippen MR) is 82.4 cm³/mol. The van der Waals surface area contributed by atoms with Crippen molar-refractivity contribution in [1.29, 1.82) is 0 Å². The van der Waals surface area contributed by atoms with Gasteiger partial charge in [-0.3, -0.25) is 4.68 Å². The molecule has 1 aliphatic rings. The monoisotopic (exact) mass is 339 g/mol. The van der Waals surface area contributed by atoms with Crippen LogP contribution in [0.5, 0.6) is 0 Å². The van der Waals surface area contributed by atoms with Crippen molar-refractivity contribution < 1.29 is 12.9 Å². The largest absolute Gasteiger partial charge is 0.340 e. The molecule has 2 heterocycles. The van der Waals surface area contributed by atoms with E-state index in [-0.39, 0.29) is 12.6 Å². The molecule has 0 unspecified atom stereocenters. The van der Waals surface area contributed by atoms with Gasteiger partial charge in [-0.05, 0) is 26.7 Å². The first-order valence-corrected chi connectivity index (χ1v) is 9.13. The molecule has 23 heavy (non-hydrogen) atoms. The maximum Gasteiger partial charge on any atom is 0.246 e. The Bertz CT molecular complexity index is 820. The molecular formula is C14H21N5O3S. The number of hydrogen-bond donors (Lipinski definition) is 0. The molecule has 8 nitrogen and oxygen atoms in total. The van der Waals surface area contributed by atoms with Crippen LogP contribution in [0, 0.1) is 20.8 Å². The van der Waals surface area contributed by atoms with E-state index in [1.807, 2.05) is 6.92 Å². The first-order valence-electron chi connectivity index (χ1n) is 7.69. The van der Waals surface area contributed by atoms with Crippen LogP contribution >= 0.6 is 0 Å². The molecule has 0 saturated heterocycles. The average molecular weight is 339 g/mol. The summed E-state index contributed by atoms with van der Waals surface area (Å²) in [4.78, 5) is 4.44. The number of aryl methyl sites for hydroxylation is 2. The fraction of sp³-hybridized carbons (Fsp3) is 0.643. The molecular weight excluding hydrogens is 318 g/mol. The summed E-state index contributed by atoms with van der Waals surface area (Å²) in [7, 11) is -3.53. The Morgan fingerprint density at radius 2 is 2.00 bits per heavy atom. The quantitative estimate of drug-likeness (QED) is 0.790. The van der Waals surface area contributed by atoms with Crippen molar-refractivity contribution in [2.24, 2.45) is 0 Å². The lowest BCUT2D eigenvalue weighted by Gasteiger charge is -2.20. The summed E-state index contributed by atoms with van der Waals surface area (Å²) in [6.45, 7) is 7.82. The van der Waals surface area contributed by atoms with Gasteiger partial charge in [0.25, 0.3) is 0 Å². The molecule has 0 atom stereocenters. The van der Waals surface area contributed by atoms with E-state index in [2.05, 4.69) is 15.2 Å². The van der Waals surface area contributed by atoms with E-state index < -0.39 is 10.0 Å². The van der Waals surface area contributed by atoms with Crippen molar-refractivity contribution in [2.45, 2.75) is 58.0 Å². The van der Waals surface area contributed by atoms with Crippen molar-refractivity contribution in [1.82, 2.24) is 24.2 Å². The maximum absolute atomic E-state index is 13.0. The van der Waals surface area contributed by atoms with E-state index >= 15 is 0 Å². The molecule has 1 aliphatic carbocycles. The number of sulfonamides is 1. The van der Waals surface area contributed by atoms with Crippen LogP contribution in [0.3, 0.4) is 0 Å². The smallest absolute Gasteiger partial charge is 0.246 e. The van der Waals surface area contributed by atoms with Gasteiger partial charge in [0.15, 0.2) is 5.82 Å². The lowest BCUT2D eigenvalue weighted by atomic mass is 10.4. The van der Waals surface area contributed by atoms with Crippen LogP contribution in [0.4, 0.5) is 0 Å². The summed E-state index contributed by atoms with van der Waals surface area (Å²) in [5, 5.41) is 8.20. The Balaban J connectivity index is 1.97. The van der Waals surface area contributed by atoms with Crippen LogP contribution in [-0.2, 0) is 16.6 Å². The summed E-state index contributed by atoms with van der Waals surface area (Å²) < 4.78 is 34.1. The van der Waals surface area contributed by atoms with Crippen LogP contribution in [0.2, 0.25) is 0 Å². The highest BCUT2D eigenvalue weighted by molar-refractivity contribution is 7.89. The van der Waals surface area contributed by atoms with Gasteiger partial charge in [0.1, 0.15) is 11.4 Å². The standard InChI is InChI=1S/C14H21N5O3S/c1-5-19(12-6-7-12)23(20,21)14-9(2)16-18(10(14)3)8-13-15-11(4)22-17-13/h12H,5-8H2,1-4H3. The van der Waals surface area contributed by atoms with Crippen LogP contribution in [0.1, 0.15) is 42.9 Å². The highest BCUT2D eigenvalue weighted by Crippen LogP contribution is 2.33. The minimum absolute atomic E-state index is 0.131. The number of aromatic nitrogens is 4. The molecule has 0 amide bonds. The van der Waals surface area contributed by atoms with Crippen LogP contribution in [0.15, 0.2) is 9.42 Å². The fourth-order valence-corrected chi connectivity index (χ4v) is 4.92. The average Bonchev–Trinajstić information content (AvgIpc) is 3.13. The van der Waals surface area contributed by atoms with E-state index in [1.54, 1.807) is 29.8 Å². The molecule has 0 radical (unpaired) electrons. The van der Waals surface area contributed by atoms with Gasteiger partial charge >= 0.3 is 0 Å². The molecule has 0 N–H and O–H groups in total. The molecule has 1 saturated carbocycles. The first-order chi connectivity index (χ1) is 10.8. The number of nitrogens with zero attached hydrogens (tertiary/aromatic N) is 5. The Morgan fingerprint density at radius 3 is 2.52 bits per heavy atom. The Kier molecular flexibility index (Phi) is 4.01. The normalized spacial score (nSPS) is 15.5. The van der Waals surface area contributed by atoms with Crippen LogP contribution in [-0.4, -0.2) is 45.2 Å². The zero-order valence-electron chi connectivity index (χ0n) is 13.8. The SMILES string of the molecule is CCN(C1CC1)S(=O)(=O)c1c(C)nn(Cc2noc(C)n2)c1C. The second-order valence-corrected chi connectivity index (χ2v) is 7.65. The minimum Gasteiger partial charge on any atom is -0.340 e. The van der Waals surface area contributed by atoms with Gasteiger partial charge in [0.2, 0.25) is 15.9 Å². The maximum atomic E-state index is 13.0. The lowest BCUT2D eigenvalue weighted by Crippen LogP contribution is -2.33. The molecule has 126 valence electrons. The second-order valence-electron chi connectivity index (χ2n) is 5.83. The summed E-state index contributed by atoms with van der Waals surface area (Å²) in [5.41, 5.74) is 1.10. The van der Waals surface area contributed by atoms with Gasteiger partial charge in [-0.25, -0.2) is 8.42 Å². The molecule has 9 heteroatoms. The van der Waals surface area contributed by atoms with E-state index in [9.17, 15) is 8.42 Å². The van der Waals surface area contributed by atoms with Gasteiger partial charge in [0.05, 0.1) is 11.4 Å². The summed E-state index contributed by atoms with van der Waals surface area (Å²) >= 11 is 0. The molecule has 0 aliphatic heterocycles. The number of hydrogen-bond acceptors (Lipinski definition) is 6. The summed E-state index contributed by atoms with van der Waals surface area (Å²) in [6, 6.07) is 0.131. The third-order valence-electron chi connectivity index (χ3n) is 4.01. The summed E-state index contributed by atoms with van der Waals surface area (Å²) in [5.74, 6) is 0.951. The number of rotatable bonds is 6. The Hall–Kier alpha value is -1.74. The van der Waals surface area contributed by atoms with Crippen molar-refractivity contribution in [3.8, 4) is 0 Å². The van der Waals surface area contributed by atoms with Crippen LogP contribution < -0.4 is 0 Å². The molecule has 3 rings (SSSR count). The third-order valence-corrected chi connectivity index (χ3v) is 6.29. The minimum atomic E-state index is -3.53. The zero-order chi connectivity index (χ0) is 16.8. The van der Waals surface area contributed by atoms with Crippen molar-refractivity contribution in [3.05, 3.63) is 23.1 Å². The van der Waals surface area contributed by atoms with E-state index in [4.69, 9.17) is 4.52 Å². The highest BCUT2D eigenvalue weighted by Gasteiger charge is 2.39. The predicted octanol–water partition coefficient (Wildman–Crippen LogP) is 1.41. The lowest BCUT2D eigenvalue weighted by molar-refractivity contribution is 0.385. The molecule has 2 aromatic rings. The first kappa shape index (κ1) is 16.1. The topological polar surface area (TPSA) is 94.1 Å². The molecule has 0 bridgehead atoms. The molecule has 1 fully saturated rings. The molecule has 0 aromatic carbocycles. The van der Waals surface area contributed by atoms with Gasteiger partial charge in [0, 0.05) is 19.5 Å². The highest BCUT2D eigenvalue weighted by atomic mass is 32.2. The van der Waals surface area contributed by atoms with Gasteiger partial charge in [-0.2, -0.15) is 14.4 Å². The van der Waals surface area contributed by atoms with Gasteiger partial charge < -0.3 is 4.52 Å². The van der Waals surface area contributed by atoms with E-state index in [0.717, 1.165) is 12.8 Å². The summed E-state index contributed by atoms with van der Waals surface area (Å²) in [6.07, 6.45) is 1.86. The van der Waals surface area contributed by atoms with Gasteiger partial charge in [-0.15, -0.1) is 0 Å². The fourth-order valence-electron chi connectivity index (χ4n) is 2.85. The molecule has 0 spiro atoms. The Morgan fingerprint density at radius 1 is 1.30 bits per heavy atom. The Labute approximate surface area is 135 Å². The second kappa shape index (κ2) is 5.72.